The second-order valence-electron chi connectivity index (χ2n) is 6.65. The minimum absolute atomic E-state index is 0.426. The van der Waals surface area contributed by atoms with Gasteiger partial charge in [0.2, 0.25) is 0 Å². The van der Waals surface area contributed by atoms with Crippen LogP contribution in [0.25, 0.3) is 0 Å². The van der Waals surface area contributed by atoms with Crippen LogP contribution in [-0.2, 0) is 4.79 Å². The first-order valence-corrected chi connectivity index (χ1v) is 6.78. The number of rotatable bonds is 0. The van der Waals surface area contributed by atoms with Crippen LogP contribution in [0.3, 0.4) is 0 Å². The number of hydrogen-bond donors (Lipinski definition) is 0. The highest BCUT2D eigenvalue weighted by Gasteiger charge is 2.50. The van der Waals surface area contributed by atoms with E-state index in [9.17, 15) is 4.79 Å². The number of fused-ring (bicyclic) bond motifs is 1. The molecule has 16 heavy (non-hydrogen) atoms. The zero-order valence-corrected chi connectivity index (χ0v) is 10.6. The molecule has 0 aromatic heterocycles. The van der Waals surface area contributed by atoms with E-state index in [-0.39, 0.29) is 0 Å². The lowest BCUT2D eigenvalue weighted by Crippen LogP contribution is -2.43. The molecule has 2 bridgehead atoms. The monoisotopic (exact) mass is 218 g/mol. The van der Waals surface area contributed by atoms with Crippen molar-refractivity contribution in [3.8, 4) is 0 Å². The smallest absolute Gasteiger partial charge is 0.158 e. The maximum atomic E-state index is 11.8. The highest BCUT2D eigenvalue weighted by molar-refractivity contribution is 5.96. The van der Waals surface area contributed by atoms with Crippen molar-refractivity contribution in [2.45, 2.75) is 65.2 Å². The van der Waals surface area contributed by atoms with Crippen molar-refractivity contribution >= 4 is 5.78 Å². The molecule has 0 aromatic carbocycles. The number of carbonyl (C=O) groups is 1. The number of hydrogen-bond acceptors (Lipinski definition) is 1. The Morgan fingerprint density at radius 2 is 1.88 bits per heavy atom. The number of Topliss-reactive ketones (excluding diaryl/α,β-unsaturated/α-hetero) is 1. The van der Waals surface area contributed by atoms with Gasteiger partial charge in [-0.3, -0.25) is 4.79 Å². The van der Waals surface area contributed by atoms with Gasteiger partial charge in [0.15, 0.2) is 5.78 Å². The molecule has 2 fully saturated rings. The third-order valence-electron chi connectivity index (χ3n) is 5.52. The van der Waals surface area contributed by atoms with E-state index in [1.54, 1.807) is 5.57 Å². The Balaban J connectivity index is 2.06. The molecular formula is C15H22O. The van der Waals surface area contributed by atoms with Crippen molar-refractivity contribution in [1.29, 1.82) is 0 Å². The van der Waals surface area contributed by atoms with E-state index < -0.39 is 0 Å². The van der Waals surface area contributed by atoms with E-state index in [4.69, 9.17) is 0 Å². The van der Waals surface area contributed by atoms with Gasteiger partial charge in [-0.05, 0) is 61.9 Å². The summed E-state index contributed by atoms with van der Waals surface area (Å²) in [6.45, 7) is 4.55. The van der Waals surface area contributed by atoms with Crippen LogP contribution in [0.4, 0.5) is 0 Å². The van der Waals surface area contributed by atoms with Crippen LogP contribution in [-0.4, -0.2) is 5.78 Å². The fourth-order valence-corrected chi connectivity index (χ4v) is 4.67. The molecule has 3 aliphatic carbocycles. The maximum Gasteiger partial charge on any atom is 0.158 e. The van der Waals surface area contributed by atoms with Gasteiger partial charge < -0.3 is 0 Å². The van der Waals surface area contributed by atoms with E-state index in [1.807, 2.05) is 0 Å². The van der Waals surface area contributed by atoms with Gasteiger partial charge >= 0.3 is 0 Å². The molecule has 0 radical (unpaired) electrons. The predicted molar refractivity (Wildman–Crippen MR) is 65.2 cm³/mol. The van der Waals surface area contributed by atoms with Crippen LogP contribution in [0.2, 0.25) is 0 Å². The topological polar surface area (TPSA) is 17.1 Å². The first kappa shape index (κ1) is 10.6. The molecule has 3 aliphatic rings. The summed E-state index contributed by atoms with van der Waals surface area (Å²) in [5.41, 5.74) is 3.72. The van der Waals surface area contributed by atoms with Gasteiger partial charge in [-0.2, -0.15) is 0 Å². The molecule has 1 nitrogen and oxygen atoms in total. The van der Waals surface area contributed by atoms with Gasteiger partial charge in [-0.1, -0.05) is 18.9 Å². The highest BCUT2D eigenvalue weighted by atomic mass is 16.1. The van der Waals surface area contributed by atoms with Crippen molar-refractivity contribution in [2.24, 2.45) is 10.8 Å². The molecule has 0 heterocycles. The number of allylic oxidation sites excluding steroid dienone is 2. The Morgan fingerprint density at radius 3 is 2.69 bits per heavy atom. The minimum Gasteiger partial charge on any atom is -0.295 e. The van der Waals surface area contributed by atoms with Crippen molar-refractivity contribution in [3.05, 3.63) is 11.1 Å². The molecule has 1 heteroatoms. The Morgan fingerprint density at radius 1 is 1.06 bits per heavy atom. The lowest BCUT2D eigenvalue weighted by Gasteiger charge is -2.54. The second-order valence-corrected chi connectivity index (χ2v) is 6.65. The lowest BCUT2D eigenvalue weighted by molar-refractivity contribution is -0.117. The van der Waals surface area contributed by atoms with Gasteiger partial charge in [-0.25, -0.2) is 0 Å². The van der Waals surface area contributed by atoms with Crippen LogP contribution in [0.5, 0.6) is 0 Å². The Hall–Kier alpha value is -0.590. The van der Waals surface area contributed by atoms with Crippen molar-refractivity contribution < 1.29 is 4.79 Å². The minimum atomic E-state index is 0.426. The highest BCUT2D eigenvalue weighted by Crippen LogP contribution is 2.61. The zero-order chi connectivity index (χ0) is 11.4. The molecule has 88 valence electrons. The Kier molecular flexibility index (Phi) is 2.12. The quantitative estimate of drug-likeness (QED) is 0.600. The van der Waals surface area contributed by atoms with Crippen LogP contribution < -0.4 is 0 Å². The van der Waals surface area contributed by atoms with E-state index in [2.05, 4.69) is 13.8 Å². The normalized spacial score (nSPS) is 43.2. The summed E-state index contributed by atoms with van der Waals surface area (Å²) in [7, 11) is 0. The van der Waals surface area contributed by atoms with Crippen molar-refractivity contribution in [2.75, 3.05) is 0 Å². The fourth-order valence-electron chi connectivity index (χ4n) is 4.67. The van der Waals surface area contributed by atoms with E-state index in [1.165, 1.54) is 38.5 Å². The molecule has 2 atom stereocenters. The largest absolute Gasteiger partial charge is 0.295 e. The van der Waals surface area contributed by atoms with E-state index in [0.717, 1.165) is 18.4 Å². The summed E-state index contributed by atoms with van der Waals surface area (Å²) in [6, 6.07) is 0. The summed E-state index contributed by atoms with van der Waals surface area (Å²) < 4.78 is 0. The van der Waals surface area contributed by atoms with Gasteiger partial charge in [-0.15, -0.1) is 0 Å². The second kappa shape index (κ2) is 3.21. The van der Waals surface area contributed by atoms with Gasteiger partial charge in [0, 0.05) is 6.42 Å². The summed E-state index contributed by atoms with van der Waals surface area (Å²) in [5, 5.41) is 0. The third-order valence-corrected chi connectivity index (χ3v) is 5.52. The maximum absolute atomic E-state index is 11.8. The molecule has 3 rings (SSSR count). The molecule has 0 saturated heterocycles. The standard InChI is InChI=1S/C15H22O/c1-11-12-4-8-14(2)6-3-7-15(12,10-14)9-5-13(11)16/h3-10H2,1-2H3. The van der Waals surface area contributed by atoms with E-state index in [0.29, 0.717) is 16.6 Å². The summed E-state index contributed by atoms with van der Waals surface area (Å²) in [5.74, 6) is 0.426. The average Bonchev–Trinajstić information content (AvgIpc) is 2.23. The zero-order valence-electron chi connectivity index (χ0n) is 10.6. The predicted octanol–water partition coefficient (Wildman–Crippen LogP) is 4.03. The first-order chi connectivity index (χ1) is 7.55. The lowest BCUT2D eigenvalue weighted by atomic mass is 9.50. The van der Waals surface area contributed by atoms with Crippen LogP contribution >= 0.6 is 0 Å². The van der Waals surface area contributed by atoms with Crippen LogP contribution in [0, 0.1) is 10.8 Å². The Labute approximate surface area is 98.3 Å². The van der Waals surface area contributed by atoms with E-state index >= 15 is 0 Å². The van der Waals surface area contributed by atoms with Crippen molar-refractivity contribution in [1.82, 2.24) is 0 Å². The van der Waals surface area contributed by atoms with Gasteiger partial charge in [0.05, 0.1) is 0 Å². The van der Waals surface area contributed by atoms with Gasteiger partial charge in [0.1, 0.15) is 0 Å². The van der Waals surface area contributed by atoms with Crippen molar-refractivity contribution in [3.63, 3.8) is 0 Å². The Bertz CT molecular complexity index is 379. The fraction of sp³-hybridized carbons (Fsp3) is 0.800. The molecule has 0 aromatic rings. The summed E-state index contributed by atoms with van der Waals surface area (Å²) in [6.07, 6.45) is 9.97. The number of carbonyl (C=O) groups excluding carboxylic acids is 1. The molecule has 0 N–H and O–H groups in total. The molecule has 1 spiro atoms. The summed E-state index contributed by atoms with van der Waals surface area (Å²) >= 11 is 0. The molecule has 2 unspecified atom stereocenters. The van der Waals surface area contributed by atoms with Gasteiger partial charge in [0.25, 0.3) is 0 Å². The third kappa shape index (κ3) is 1.33. The van der Waals surface area contributed by atoms with Crippen LogP contribution in [0.15, 0.2) is 11.1 Å². The molecule has 0 amide bonds. The van der Waals surface area contributed by atoms with Crippen LogP contribution in [0.1, 0.15) is 65.2 Å². The first-order valence-electron chi connectivity index (χ1n) is 6.78. The molecule has 2 saturated carbocycles. The molecule has 0 aliphatic heterocycles. The average molecular weight is 218 g/mol. The SMILES string of the molecule is CC1=C2CCC3(C)CCCC2(CCC1=O)C3. The summed E-state index contributed by atoms with van der Waals surface area (Å²) in [4.78, 5) is 11.8. The number of ketones is 1. The molecular weight excluding hydrogens is 196 g/mol.